The molecule has 2 aromatic heterocycles. The second kappa shape index (κ2) is 11.7. The fourth-order valence-electron chi connectivity index (χ4n) is 4.81. The van der Waals surface area contributed by atoms with Gasteiger partial charge in [0.1, 0.15) is 0 Å². The summed E-state index contributed by atoms with van der Waals surface area (Å²) in [5.74, 6) is 0.738. The maximum absolute atomic E-state index is 6.87. The lowest BCUT2D eigenvalue weighted by Gasteiger charge is -2.37. The van der Waals surface area contributed by atoms with E-state index in [0.717, 1.165) is 90.2 Å². The lowest BCUT2D eigenvalue weighted by molar-refractivity contribution is 0.323. The molecule has 1 fully saturated rings. The van der Waals surface area contributed by atoms with Crippen molar-refractivity contribution < 1.29 is 0 Å². The van der Waals surface area contributed by atoms with Crippen LogP contribution in [0, 0.1) is 6.92 Å². The van der Waals surface area contributed by atoms with E-state index < -0.39 is 0 Å². The summed E-state index contributed by atoms with van der Waals surface area (Å²) in [5, 5.41) is 0.770. The molecule has 2 aliphatic rings. The van der Waals surface area contributed by atoms with Crippen molar-refractivity contribution in [2.75, 3.05) is 31.1 Å². The van der Waals surface area contributed by atoms with Gasteiger partial charge in [-0.15, -0.1) is 0 Å². The van der Waals surface area contributed by atoms with Gasteiger partial charge in [-0.1, -0.05) is 29.8 Å². The molecule has 188 valence electrons. The Hall–Kier alpha value is -3.18. The summed E-state index contributed by atoms with van der Waals surface area (Å²) >= 11 is 6.87. The average Bonchev–Trinajstić information content (AvgIpc) is 2.84. The van der Waals surface area contributed by atoms with Gasteiger partial charge in [-0.2, -0.15) is 0 Å². The highest BCUT2D eigenvalue weighted by atomic mass is 35.5. The van der Waals surface area contributed by atoms with E-state index in [4.69, 9.17) is 16.6 Å². The first-order valence-corrected chi connectivity index (χ1v) is 13.0. The van der Waals surface area contributed by atoms with E-state index in [2.05, 4.69) is 71.4 Å². The van der Waals surface area contributed by atoms with Crippen LogP contribution < -0.4 is 4.90 Å². The number of halogens is 1. The van der Waals surface area contributed by atoms with Crippen molar-refractivity contribution in [1.29, 1.82) is 0 Å². The van der Waals surface area contributed by atoms with Crippen LogP contribution in [0.5, 0.6) is 0 Å². The van der Waals surface area contributed by atoms with Gasteiger partial charge in [0.2, 0.25) is 0 Å². The molecule has 0 aromatic carbocycles. The summed E-state index contributed by atoms with van der Waals surface area (Å²) in [6.45, 7) is 16.3. The minimum atomic E-state index is 0.738. The molecule has 1 aliphatic carbocycles. The molecule has 5 nitrogen and oxygen atoms in total. The van der Waals surface area contributed by atoms with Crippen LogP contribution in [0.25, 0.3) is 5.57 Å². The molecule has 0 atom stereocenters. The van der Waals surface area contributed by atoms with Crippen LogP contribution in [-0.4, -0.2) is 46.8 Å². The van der Waals surface area contributed by atoms with Gasteiger partial charge in [0.05, 0.1) is 11.9 Å². The highest BCUT2D eigenvalue weighted by molar-refractivity contribution is 6.37. The maximum atomic E-state index is 6.87. The number of aliphatic imine (C=N–C) groups is 1. The average molecular weight is 502 g/mol. The molecule has 0 radical (unpaired) electrons. The van der Waals surface area contributed by atoms with Crippen LogP contribution in [0.1, 0.15) is 51.3 Å². The maximum Gasteiger partial charge on any atom is 0.151 e. The summed E-state index contributed by atoms with van der Waals surface area (Å²) in [6, 6.07) is 8.27. The lowest BCUT2D eigenvalue weighted by Crippen LogP contribution is -2.45. The van der Waals surface area contributed by atoms with E-state index in [1.807, 2.05) is 31.5 Å². The van der Waals surface area contributed by atoms with Gasteiger partial charge in [-0.25, -0.2) is 9.98 Å². The fraction of sp³-hybridized carbons (Fsp3) is 0.367. The number of hydrogen-bond acceptors (Lipinski definition) is 5. The predicted molar refractivity (Wildman–Crippen MR) is 153 cm³/mol. The largest absolute Gasteiger partial charge is 0.372 e. The summed E-state index contributed by atoms with van der Waals surface area (Å²) in [5.41, 5.74) is 9.01. The molecule has 36 heavy (non-hydrogen) atoms. The van der Waals surface area contributed by atoms with E-state index in [1.54, 1.807) is 0 Å². The van der Waals surface area contributed by atoms with E-state index in [0.29, 0.717) is 0 Å². The number of aromatic nitrogens is 2. The summed E-state index contributed by atoms with van der Waals surface area (Å²) in [4.78, 5) is 18.5. The monoisotopic (exact) mass is 501 g/mol. The molecule has 2 aromatic rings. The van der Waals surface area contributed by atoms with Crippen LogP contribution in [0.4, 0.5) is 11.5 Å². The zero-order chi connectivity index (χ0) is 25.7. The number of aryl methyl sites for hydroxylation is 1. The van der Waals surface area contributed by atoms with Gasteiger partial charge in [0.15, 0.2) is 5.82 Å². The minimum absolute atomic E-state index is 0.738. The van der Waals surface area contributed by atoms with E-state index in [1.165, 1.54) is 11.1 Å². The third kappa shape index (κ3) is 6.52. The first-order chi connectivity index (χ1) is 17.3. The van der Waals surface area contributed by atoms with Crippen LogP contribution in [-0.2, 0) is 0 Å². The number of piperazine rings is 1. The number of hydrogen-bond donors (Lipinski definition) is 0. The molecule has 1 aliphatic heterocycles. The first kappa shape index (κ1) is 25.9. The highest BCUT2D eigenvalue weighted by Gasteiger charge is 2.17. The highest BCUT2D eigenvalue weighted by Crippen LogP contribution is 2.34. The van der Waals surface area contributed by atoms with E-state index >= 15 is 0 Å². The Morgan fingerprint density at radius 1 is 1.08 bits per heavy atom. The van der Waals surface area contributed by atoms with Crippen molar-refractivity contribution in [3.8, 4) is 0 Å². The topological polar surface area (TPSA) is 44.6 Å². The van der Waals surface area contributed by atoms with Gasteiger partial charge >= 0.3 is 0 Å². The normalized spacial score (nSPS) is 17.4. The van der Waals surface area contributed by atoms with Crippen LogP contribution in [0.15, 0.2) is 82.3 Å². The summed E-state index contributed by atoms with van der Waals surface area (Å²) < 4.78 is 0. The Bertz CT molecular complexity index is 1230. The molecule has 0 N–H and O–H groups in total. The molecule has 0 unspecified atom stereocenters. The molecular weight excluding hydrogens is 466 g/mol. The fourth-order valence-corrected chi connectivity index (χ4v) is 5.22. The van der Waals surface area contributed by atoms with Gasteiger partial charge < -0.3 is 9.80 Å². The standard InChI is InChI=1S/C30H36ClN5/c1-21(2)35-13-15-36(16-14-35)27-9-10-29(33-20-27)34-24(5)17-25-8-6-7-22(3)30(28(31)19-25)26-11-12-32-23(4)18-26/h8-12,18-20H,1,6-7,13-17H2,2-5H3. The number of allylic oxidation sites excluding steroid dienone is 7. The van der Waals surface area contributed by atoms with Gasteiger partial charge in [-0.3, -0.25) is 4.98 Å². The van der Waals surface area contributed by atoms with E-state index in [-0.39, 0.29) is 0 Å². The second-order valence-electron chi connectivity index (χ2n) is 9.76. The van der Waals surface area contributed by atoms with Crippen molar-refractivity contribution in [3.05, 3.63) is 88.5 Å². The molecule has 1 saturated heterocycles. The number of rotatable bonds is 6. The smallest absolute Gasteiger partial charge is 0.151 e. The SMILES string of the molecule is C=C(C)N1CCN(c2ccc(N=C(C)CC3=CCCC(C)=C(c4ccnc(C)c4)C(Cl)=C3)nc2)CC1. The molecule has 6 heteroatoms. The zero-order valence-corrected chi connectivity index (χ0v) is 22.6. The number of anilines is 1. The first-order valence-electron chi connectivity index (χ1n) is 12.6. The molecule has 0 saturated carbocycles. The minimum Gasteiger partial charge on any atom is -0.372 e. The van der Waals surface area contributed by atoms with Crippen molar-refractivity contribution in [3.63, 3.8) is 0 Å². The Morgan fingerprint density at radius 3 is 2.53 bits per heavy atom. The molecule has 0 bridgehead atoms. The Labute approximate surface area is 220 Å². The molecular formula is C30H36ClN5. The van der Waals surface area contributed by atoms with Gasteiger partial charge in [-0.05, 0) is 87.6 Å². The second-order valence-corrected chi connectivity index (χ2v) is 10.2. The Balaban J connectivity index is 1.44. The zero-order valence-electron chi connectivity index (χ0n) is 21.9. The van der Waals surface area contributed by atoms with E-state index in [9.17, 15) is 0 Å². The predicted octanol–water partition coefficient (Wildman–Crippen LogP) is 7.24. The molecule has 3 heterocycles. The summed E-state index contributed by atoms with van der Waals surface area (Å²) in [6.07, 6.45) is 10.9. The van der Waals surface area contributed by atoms with Gasteiger partial charge in [0, 0.05) is 60.9 Å². The quantitative estimate of drug-likeness (QED) is 0.391. The number of nitrogens with zero attached hydrogens (tertiary/aromatic N) is 5. The molecule has 4 rings (SSSR count). The van der Waals surface area contributed by atoms with Gasteiger partial charge in [0.25, 0.3) is 0 Å². The molecule has 0 spiro atoms. The third-order valence-corrected chi connectivity index (χ3v) is 7.07. The van der Waals surface area contributed by atoms with Crippen LogP contribution in [0.3, 0.4) is 0 Å². The van der Waals surface area contributed by atoms with Crippen LogP contribution in [0.2, 0.25) is 0 Å². The number of pyridine rings is 2. The lowest BCUT2D eigenvalue weighted by atomic mass is 9.93. The van der Waals surface area contributed by atoms with Crippen molar-refractivity contribution in [2.45, 2.75) is 47.0 Å². The van der Waals surface area contributed by atoms with Crippen molar-refractivity contribution >= 4 is 34.4 Å². The third-order valence-electron chi connectivity index (χ3n) is 6.77. The van der Waals surface area contributed by atoms with Crippen LogP contribution >= 0.6 is 11.6 Å². The molecule has 0 amide bonds. The Morgan fingerprint density at radius 2 is 1.86 bits per heavy atom. The van der Waals surface area contributed by atoms with Crippen molar-refractivity contribution in [2.24, 2.45) is 4.99 Å². The summed E-state index contributed by atoms with van der Waals surface area (Å²) in [7, 11) is 0. The van der Waals surface area contributed by atoms with Crippen molar-refractivity contribution in [1.82, 2.24) is 14.9 Å². The Kier molecular flexibility index (Phi) is 8.42.